The van der Waals surface area contributed by atoms with Crippen molar-refractivity contribution in [3.8, 4) is 0 Å². The Hall–Kier alpha value is -1.31. The zero-order chi connectivity index (χ0) is 15.2. The van der Waals surface area contributed by atoms with Crippen LogP contribution in [0.4, 0.5) is 4.39 Å². The van der Waals surface area contributed by atoms with Crippen LogP contribution in [0.2, 0.25) is 0 Å². The second kappa shape index (κ2) is 8.86. The third kappa shape index (κ3) is 6.32. The fourth-order valence-corrected chi connectivity index (χ4v) is 2.19. The van der Waals surface area contributed by atoms with E-state index in [1.165, 1.54) is 12.1 Å². The molecule has 0 aliphatic carbocycles. The monoisotopic (exact) mass is 287 g/mol. The molecule has 4 nitrogen and oxygen atoms in total. The minimum atomic E-state index is -0.313. The summed E-state index contributed by atoms with van der Waals surface area (Å²) in [5.41, 5.74) is 0.686. The number of amides is 1. The van der Waals surface area contributed by atoms with E-state index in [2.05, 4.69) is 20.3 Å². The summed E-state index contributed by atoms with van der Waals surface area (Å²) in [5.74, 6) is -0.332. The number of piperidine rings is 1. The van der Waals surface area contributed by atoms with Crippen molar-refractivity contribution < 1.29 is 37.9 Å². The van der Waals surface area contributed by atoms with Gasteiger partial charge in [-0.3, -0.25) is 9.59 Å². The summed E-state index contributed by atoms with van der Waals surface area (Å²) in [5, 5.41) is 6.89. The molecular formula is C15H19FLiNO3. The number of carbonyl (C=O) groups excluding carboxylic acids is 1. The zero-order valence-corrected chi connectivity index (χ0v) is 12.7. The molecule has 0 atom stereocenters. The Balaban J connectivity index is 0.000000922. The summed E-state index contributed by atoms with van der Waals surface area (Å²) in [4.78, 5) is 22.4. The largest absolute Gasteiger partial charge is 1.00 e. The van der Waals surface area contributed by atoms with Gasteiger partial charge in [0.15, 0.2) is 0 Å². The molecule has 0 aromatic heterocycles. The molecule has 110 valence electrons. The molecule has 1 aromatic rings. The van der Waals surface area contributed by atoms with Gasteiger partial charge < -0.3 is 16.4 Å². The van der Waals surface area contributed by atoms with Crippen molar-refractivity contribution >= 4 is 12.4 Å². The average Bonchev–Trinajstić information content (AvgIpc) is 2.38. The van der Waals surface area contributed by atoms with E-state index in [1.54, 1.807) is 12.1 Å². The molecule has 1 N–H and O–H groups in total. The summed E-state index contributed by atoms with van der Waals surface area (Å²) in [6.45, 7) is 5.47. The molecule has 2 rings (SSSR count). The third-order valence-corrected chi connectivity index (χ3v) is 3.04. The number of nitrogens with zero attached hydrogens (tertiary/aromatic N) is 1. The van der Waals surface area contributed by atoms with Crippen LogP contribution in [0.15, 0.2) is 24.3 Å². The normalized spacial score (nSPS) is 16.0. The van der Waals surface area contributed by atoms with E-state index in [0.29, 0.717) is 12.1 Å². The molecule has 0 radical (unpaired) electrons. The topological polar surface area (TPSA) is 57.6 Å². The van der Waals surface area contributed by atoms with Gasteiger partial charge in [-0.05, 0) is 29.7 Å². The van der Waals surface area contributed by atoms with E-state index < -0.39 is 0 Å². The SMILES string of the molecule is CC1(C)C[CH-]CN(C(=O)c2ccc(F)cc2)C1.O=CO.[Li+]. The van der Waals surface area contributed by atoms with E-state index in [4.69, 9.17) is 9.90 Å². The van der Waals surface area contributed by atoms with Crippen LogP contribution >= 0.6 is 0 Å². The maximum Gasteiger partial charge on any atom is 1.00 e. The van der Waals surface area contributed by atoms with Crippen LogP contribution in [0, 0.1) is 17.7 Å². The number of carboxylic acid groups (broad SMARTS) is 1. The second-order valence-electron chi connectivity index (χ2n) is 5.45. The first-order valence-electron chi connectivity index (χ1n) is 6.34. The summed E-state index contributed by atoms with van der Waals surface area (Å²) in [7, 11) is 0. The molecule has 1 aliphatic heterocycles. The Labute approximate surface area is 136 Å². The van der Waals surface area contributed by atoms with Gasteiger partial charge >= 0.3 is 18.9 Å². The number of hydrogen-bond acceptors (Lipinski definition) is 2. The van der Waals surface area contributed by atoms with Crippen LogP contribution in [0.3, 0.4) is 0 Å². The minimum absolute atomic E-state index is 0. The molecule has 1 heterocycles. The van der Waals surface area contributed by atoms with Gasteiger partial charge in [-0.1, -0.05) is 13.8 Å². The van der Waals surface area contributed by atoms with Crippen molar-refractivity contribution in [2.75, 3.05) is 13.1 Å². The molecule has 21 heavy (non-hydrogen) atoms. The Morgan fingerprint density at radius 1 is 1.38 bits per heavy atom. The van der Waals surface area contributed by atoms with Crippen LogP contribution in [0.1, 0.15) is 30.6 Å². The van der Waals surface area contributed by atoms with E-state index in [0.717, 1.165) is 13.0 Å². The quantitative estimate of drug-likeness (QED) is 0.435. The average molecular weight is 287 g/mol. The van der Waals surface area contributed by atoms with Crippen molar-refractivity contribution in [1.82, 2.24) is 4.90 Å². The molecule has 0 spiro atoms. The predicted octanol–water partition coefficient (Wildman–Crippen LogP) is -0.393. The molecular weight excluding hydrogens is 268 g/mol. The number of halogens is 1. The summed E-state index contributed by atoms with van der Waals surface area (Å²) in [6, 6.07) is 5.73. The van der Waals surface area contributed by atoms with Crippen molar-refractivity contribution in [3.05, 3.63) is 42.1 Å². The fraction of sp³-hybridized carbons (Fsp3) is 0.400. The first-order chi connectivity index (χ1) is 9.39. The zero-order valence-electron chi connectivity index (χ0n) is 12.7. The van der Waals surface area contributed by atoms with Gasteiger partial charge in [0.2, 0.25) is 0 Å². The van der Waals surface area contributed by atoms with Crippen LogP contribution in [0.25, 0.3) is 0 Å². The first kappa shape index (κ1) is 19.7. The number of carbonyl (C=O) groups is 2. The maximum absolute atomic E-state index is 12.8. The van der Waals surface area contributed by atoms with Crippen LogP contribution in [-0.4, -0.2) is 35.5 Å². The Bertz CT molecular complexity index is 462. The number of rotatable bonds is 1. The summed E-state index contributed by atoms with van der Waals surface area (Å²) >= 11 is 0. The van der Waals surface area contributed by atoms with Gasteiger partial charge in [0.1, 0.15) is 5.82 Å². The fourth-order valence-electron chi connectivity index (χ4n) is 2.19. The smallest absolute Gasteiger partial charge is 0.483 e. The van der Waals surface area contributed by atoms with Crippen molar-refractivity contribution in [2.24, 2.45) is 5.41 Å². The molecule has 6 heteroatoms. The van der Waals surface area contributed by atoms with Gasteiger partial charge in [-0.25, -0.2) is 4.39 Å². The molecule has 1 aromatic carbocycles. The minimum Gasteiger partial charge on any atom is -0.483 e. The summed E-state index contributed by atoms with van der Waals surface area (Å²) < 4.78 is 12.8. The number of benzene rings is 1. The maximum atomic E-state index is 12.8. The van der Waals surface area contributed by atoms with E-state index in [1.807, 2.05) is 4.90 Å². The third-order valence-electron chi connectivity index (χ3n) is 3.04. The Morgan fingerprint density at radius 2 is 1.90 bits per heavy atom. The van der Waals surface area contributed by atoms with E-state index in [9.17, 15) is 9.18 Å². The molecule has 0 bridgehead atoms. The van der Waals surface area contributed by atoms with E-state index >= 15 is 0 Å². The van der Waals surface area contributed by atoms with Crippen LogP contribution < -0.4 is 18.9 Å². The van der Waals surface area contributed by atoms with Gasteiger partial charge in [0, 0.05) is 12.1 Å². The first-order valence-corrected chi connectivity index (χ1v) is 6.34. The van der Waals surface area contributed by atoms with E-state index in [-0.39, 0.29) is 42.5 Å². The number of hydrogen-bond donors (Lipinski definition) is 1. The van der Waals surface area contributed by atoms with Gasteiger partial charge in [0.05, 0.1) is 0 Å². The van der Waals surface area contributed by atoms with Crippen molar-refractivity contribution in [1.29, 1.82) is 0 Å². The van der Waals surface area contributed by atoms with Gasteiger partial charge in [-0.15, -0.1) is 6.54 Å². The molecule has 1 aliphatic rings. The number of likely N-dealkylation sites (tertiary alicyclic amines) is 1. The molecule has 1 amide bonds. The summed E-state index contributed by atoms with van der Waals surface area (Å²) in [6.07, 6.45) is 3.16. The Kier molecular flexibility index (Phi) is 8.31. The van der Waals surface area contributed by atoms with Crippen molar-refractivity contribution in [2.45, 2.75) is 20.3 Å². The van der Waals surface area contributed by atoms with Crippen molar-refractivity contribution in [3.63, 3.8) is 0 Å². The van der Waals surface area contributed by atoms with Gasteiger partial charge in [0.25, 0.3) is 12.4 Å². The Morgan fingerprint density at radius 3 is 2.38 bits per heavy atom. The molecule has 1 fully saturated rings. The van der Waals surface area contributed by atoms with Crippen LogP contribution in [0.5, 0.6) is 0 Å². The molecule has 1 saturated heterocycles. The molecule has 0 unspecified atom stereocenters. The standard InChI is InChI=1S/C14H17FNO.CH2O2.Li/c1-14(2)8-3-9-16(10-14)13(17)11-4-6-12(15)7-5-11;2-1-3;/h3-7H,8-10H2,1-2H3;1H,(H,2,3);/q-1;;+1. The predicted molar refractivity (Wildman–Crippen MR) is 73.7 cm³/mol. The van der Waals surface area contributed by atoms with Gasteiger partial charge in [-0.2, -0.15) is 6.42 Å². The van der Waals surface area contributed by atoms with Crippen LogP contribution in [-0.2, 0) is 4.79 Å². The molecule has 0 saturated carbocycles. The second-order valence-corrected chi connectivity index (χ2v) is 5.45.